The van der Waals surface area contributed by atoms with Crippen molar-refractivity contribution in [1.29, 1.82) is 0 Å². The van der Waals surface area contributed by atoms with E-state index in [1.807, 2.05) is 0 Å². The molecule has 2 heterocycles. The maximum Gasteiger partial charge on any atom is 0.240 e. The number of ketones is 1. The molecule has 1 aliphatic carbocycles. The summed E-state index contributed by atoms with van der Waals surface area (Å²) in [5.74, 6) is -1.17. The third-order valence-electron chi connectivity index (χ3n) is 5.70. The van der Waals surface area contributed by atoms with E-state index in [1.54, 1.807) is 23.6 Å². The van der Waals surface area contributed by atoms with Gasteiger partial charge in [-0.2, -0.15) is 0 Å². The largest absolute Gasteiger partial charge is 0.352 e. The second kappa shape index (κ2) is 8.79. The van der Waals surface area contributed by atoms with E-state index in [-0.39, 0.29) is 35.0 Å². The molecule has 4 rings (SSSR count). The van der Waals surface area contributed by atoms with E-state index in [1.165, 1.54) is 36.9 Å². The number of halogens is 1. The molecule has 0 unspecified atom stereocenters. The summed E-state index contributed by atoms with van der Waals surface area (Å²) in [6, 6.07) is 8.51. The second-order valence-electron chi connectivity index (χ2n) is 8.06. The lowest BCUT2D eigenvalue weighted by Gasteiger charge is -2.23. The molecule has 0 radical (unpaired) electrons. The van der Waals surface area contributed by atoms with Crippen molar-refractivity contribution >= 4 is 22.7 Å². The zero-order chi connectivity index (χ0) is 22.0. The first-order valence-electron chi connectivity index (χ1n) is 10.5. The van der Waals surface area contributed by atoms with Gasteiger partial charge in [0.05, 0.1) is 10.9 Å². The van der Waals surface area contributed by atoms with Gasteiger partial charge in [0.2, 0.25) is 11.3 Å². The van der Waals surface area contributed by atoms with Gasteiger partial charge in [-0.25, -0.2) is 9.37 Å². The first-order chi connectivity index (χ1) is 14.9. The predicted octanol–water partition coefficient (Wildman–Crippen LogP) is 3.52. The summed E-state index contributed by atoms with van der Waals surface area (Å²) in [6.45, 7) is 1.75. The molecular formula is C24H24FN3O3. The van der Waals surface area contributed by atoms with Crippen LogP contribution in [-0.4, -0.2) is 27.3 Å². The first-order valence-corrected chi connectivity index (χ1v) is 10.5. The number of hydrogen-bond acceptors (Lipinski definition) is 4. The summed E-state index contributed by atoms with van der Waals surface area (Å²) >= 11 is 0. The Balaban J connectivity index is 1.72. The van der Waals surface area contributed by atoms with E-state index in [0.717, 1.165) is 25.7 Å². The van der Waals surface area contributed by atoms with E-state index < -0.39 is 17.0 Å². The van der Waals surface area contributed by atoms with Crippen LogP contribution in [0, 0.1) is 12.7 Å². The molecule has 0 aliphatic heterocycles. The van der Waals surface area contributed by atoms with Gasteiger partial charge < -0.3 is 9.88 Å². The number of nitrogens with one attached hydrogen (secondary N) is 1. The third kappa shape index (κ3) is 4.55. The van der Waals surface area contributed by atoms with Gasteiger partial charge in [0.1, 0.15) is 18.0 Å². The Bertz CT molecular complexity index is 1200. The fourth-order valence-electron chi connectivity index (χ4n) is 4.07. The number of aromatic nitrogens is 2. The summed E-state index contributed by atoms with van der Waals surface area (Å²) in [5.41, 5.74) is 0.734. The molecule has 1 saturated carbocycles. The Morgan fingerprint density at radius 2 is 1.81 bits per heavy atom. The molecule has 7 heteroatoms. The lowest BCUT2D eigenvalue weighted by atomic mass is 9.95. The van der Waals surface area contributed by atoms with Crippen LogP contribution >= 0.6 is 0 Å². The van der Waals surface area contributed by atoms with Crippen LogP contribution < -0.4 is 10.7 Å². The van der Waals surface area contributed by atoms with Crippen molar-refractivity contribution in [2.45, 2.75) is 51.6 Å². The van der Waals surface area contributed by atoms with E-state index in [2.05, 4.69) is 10.3 Å². The van der Waals surface area contributed by atoms with Gasteiger partial charge in [-0.15, -0.1) is 0 Å². The summed E-state index contributed by atoms with van der Waals surface area (Å²) in [7, 11) is 0. The monoisotopic (exact) mass is 421 g/mol. The number of rotatable bonds is 5. The first kappa shape index (κ1) is 20.9. The van der Waals surface area contributed by atoms with Crippen molar-refractivity contribution in [1.82, 2.24) is 14.9 Å². The molecule has 3 aromatic rings. The standard InChI is InChI=1S/C24H24FN3O3/c1-15-7-12-19-23(31)20(22(30)16-8-10-17(25)11-9-16)13-28(24(19)26-15)14-21(29)27-18-5-3-2-4-6-18/h7-13,18H,2-6,14H2,1H3,(H,27,29). The molecule has 0 saturated heterocycles. The van der Waals surface area contributed by atoms with Crippen LogP contribution in [0.4, 0.5) is 4.39 Å². The molecule has 160 valence electrons. The van der Waals surface area contributed by atoms with Crippen LogP contribution in [0.1, 0.15) is 53.7 Å². The second-order valence-corrected chi connectivity index (χ2v) is 8.06. The molecule has 1 aliphatic rings. The lowest BCUT2D eigenvalue weighted by molar-refractivity contribution is -0.122. The molecule has 1 aromatic carbocycles. The lowest BCUT2D eigenvalue weighted by Crippen LogP contribution is -2.38. The highest BCUT2D eigenvalue weighted by molar-refractivity contribution is 6.10. The highest BCUT2D eigenvalue weighted by Crippen LogP contribution is 2.18. The smallest absolute Gasteiger partial charge is 0.240 e. The van der Waals surface area contributed by atoms with E-state index in [4.69, 9.17) is 0 Å². The van der Waals surface area contributed by atoms with Gasteiger partial charge in [-0.1, -0.05) is 19.3 Å². The van der Waals surface area contributed by atoms with E-state index in [9.17, 15) is 18.8 Å². The molecule has 31 heavy (non-hydrogen) atoms. The zero-order valence-electron chi connectivity index (χ0n) is 17.4. The number of amides is 1. The fourth-order valence-corrected chi connectivity index (χ4v) is 4.07. The summed E-state index contributed by atoms with van der Waals surface area (Å²) < 4.78 is 14.8. The highest BCUT2D eigenvalue weighted by Gasteiger charge is 2.20. The average molecular weight is 421 g/mol. The van der Waals surface area contributed by atoms with Crippen molar-refractivity contribution in [2.75, 3.05) is 0 Å². The Labute approximate surface area is 179 Å². The van der Waals surface area contributed by atoms with Gasteiger partial charge in [0, 0.05) is 23.5 Å². The quantitative estimate of drug-likeness (QED) is 0.639. The Kier molecular flexibility index (Phi) is 5.93. The van der Waals surface area contributed by atoms with Gasteiger partial charge in [-0.05, 0) is 56.2 Å². The molecule has 1 fully saturated rings. The molecular weight excluding hydrogens is 397 g/mol. The Morgan fingerprint density at radius 1 is 1.10 bits per heavy atom. The molecule has 2 aromatic heterocycles. The molecule has 0 atom stereocenters. The van der Waals surface area contributed by atoms with Crippen molar-refractivity contribution in [3.63, 3.8) is 0 Å². The number of carbonyl (C=O) groups is 2. The van der Waals surface area contributed by atoms with Gasteiger partial charge in [0.15, 0.2) is 5.78 Å². The van der Waals surface area contributed by atoms with Crippen molar-refractivity contribution in [3.05, 3.63) is 75.5 Å². The predicted molar refractivity (Wildman–Crippen MR) is 116 cm³/mol. The van der Waals surface area contributed by atoms with Crippen LogP contribution in [0.3, 0.4) is 0 Å². The molecule has 1 amide bonds. The minimum Gasteiger partial charge on any atom is -0.352 e. The average Bonchev–Trinajstić information content (AvgIpc) is 2.76. The summed E-state index contributed by atoms with van der Waals surface area (Å²) in [6.07, 6.45) is 6.70. The Morgan fingerprint density at radius 3 is 2.52 bits per heavy atom. The normalized spacial score (nSPS) is 14.5. The molecule has 0 bridgehead atoms. The minimum absolute atomic E-state index is 0.0482. The summed E-state index contributed by atoms with van der Waals surface area (Å²) in [4.78, 5) is 43.2. The number of fused-ring (bicyclic) bond motifs is 1. The SMILES string of the molecule is Cc1ccc2c(=O)c(C(=O)c3ccc(F)cc3)cn(CC(=O)NC3CCCCC3)c2n1. The zero-order valence-corrected chi connectivity index (χ0v) is 17.4. The number of pyridine rings is 2. The number of nitrogens with zero attached hydrogens (tertiary/aromatic N) is 2. The molecule has 1 N–H and O–H groups in total. The van der Waals surface area contributed by atoms with Crippen molar-refractivity contribution in [2.24, 2.45) is 0 Å². The van der Waals surface area contributed by atoms with Gasteiger partial charge >= 0.3 is 0 Å². The van der Waals surface area contributed by atoms with Gasteiger partial charge in [-0.3, -0.25) is 14.4 Å². The minimum atomic E-state index is -0.520. The Hall–Kier alpha value is -3.35. The fraction of sp³-hybridized carbons (Fsp3) is 0.333. The van der Waals surface area contributed by atoms with Crippen LogP contribution in [0.25, 0.3) is 11.0 Å². The van der Waals surface area contributed by atoms with Crippen LogP contribution in [-0.2, 0) is 11.3 Å². The number of hydrogen-bond donors (Lipinski definition) is 1. The van der Waals surface area contributed by atoms with Crippen molar-refractivity contribution in [3.8, 4) is 0 Å². The number of carbonyl (C=O) groups excluding carboxylic acids is 2. The molecule has 0 spiro atoms. The number of aryl methyl sites for hydroxylation is 1. The van der Waals surface area contributed by atoms with Crippen LogP contribution in [0.5, 0.6) is 0 Å². The molecule has 6 nitrogen and oxygen atoms in total. The topological polar surface area (TPSA) is 81.1 Å². The maximum atomic E-state index is 13.2. The number of benzene rings is 1. The maximum absolute atomic E-state index is 13.2. The van der Waals surface area contributed by atoms with E-state index >= 15 is 0 Å². The van der Waals surface area contributed by atoms with E-state index in [0.29, 0.717) is 11.3 Å². The highest BCUT2D eigenvalue weighted by atomic mass is 19.1. The van der Waals surface area contributed by atoms with Crippen LogP contribution in [0.15, 0.2) is 47.4 Å². The van der Waals surface area contributed by atoms with Gasteiger partial charge in [0.25, 0.3) is 0 Å². The van der Waals surface area contributed by atoms with Crippen molar-refractivity contribution < 1.29 is 14.0 Å². The summed E-state index contributed by atoms with van der Waals surface area (Å²) in [5, 5.41) is 3.32. The van der Waals surface area contributed by atoms with Crippen LogP contribution in [0.2, 0.25) is 0 Å². The third-order valence-corrected chi connectivity index (χ3v) is 5.70.